The van der Waals surface area contributed by atoms with Crippen LogP contribution in [0.15, 0.2) is 41.5 Å². The van der Waals surface area contributed by atoms with E-state index < -0.39 is 52.9 Å². The monoisotopic (exact) mass is 547 g/mol. The smallest absolute Gasteiger partial charge is 0.392 e. The summed E-state index contributed by atoms with van der Waals surface area (Å²) in [7, 11) is 0. The molecule has 10 heteroatoms. The number of anilines is 1. The number of aliphatic hydroxyl groups excluding tert-OH is 1. The number of halogens is 5. The van der Waals surface area contributed by atoms with Crippen LogP contribution in [0.4, 0.5) is 18.9 Å². The Hall–Kier alpha value is -2.03. The minimum atomic E-state index is -4.60. The number of alkyl halides is 3. The first-order chi connectivity index (χ1) is 16.5. The number of hydrogen-bond acceptors (Lipinski definition) is 4. The van der Waals surface area contributed by atoms with Gasteiger partial charge in [-0.05, 0) is 69.7 Å². The highest BCUT2D eigenvalue weighted by Crippen LogP contribution is 2.56. The minimum absolute atomic E-state index is 0.0472. The average Bonchev–Trinajstić information content (AvgIpc) is 3.56. The van der Waals surface area contributed by atoms with E-state index in [1.807, 2.05) is 0 Å². The fourth-order valence-corrected chi connectivity index (χ4v) is 4.65. The lowest BCUT2D eigenvalue weighted by Gasteiger charge is -2.31. The van der Waals surface area contributed by atoms with Crippen molar-refractivity contribution in [2.24, 2.45) is 23.2 Å². The van der Waals surface area contributed by atoms with E-state index in [0.717, 1.165) is 6.92 Å². The van der Waals surface area contributed by atoms with Crippen molar-refractivity contribution >= 4 is 40.8 Å². The molecule has 0 heterocycles. The molecule has 2 aliphatic carbocycles. The van der Waals surface area contributed by atoms with Crippen molar-refractivity contribution in [3.05, 3.63) is 52.0 Å². The molecule has 0 aliphatic heterocycles. The number of benzene rings is 1. The molecular formula is C26H30Cl2F3NO4. The van der Waals surface area contributed by atoms with Crippen molar-refractivity contribution in [3.8, 4) is 0 Å². The van der Waals surface area contributed by atoms with E-state index in [9.17, 15) is 27.9 Å². The van der Waals surface area contributed by atoms with Crippen LogP contribution >= 0.6 is 23.2 Å². The van der Waals surface area contributed by atoms with E-state index in [2.05, 4.69) is 5.32 Å². The third kappa shape index (κ3) is 6.45. The summed E-state index contributed by atoms with van der Waals surface area (Å²) in [5, 5.41) is 14.0. The average molecular weight is 548 g/mol. The number of allylic oxidation sites excluding steroid dienone is 4. The molecule has 0 saturated heterocycles. The molecule has 2 aliphatic rings. The van der Waals surface area contributed by atoms with Gasteiger partial charge in [0.05, 0.1) is 34.1 Å². The van der Waals surface area contributed by atoms with E-state index in [1.54, 1.807) is 26.8 Å². The molecule has 36 heavy (non-hydrogen) atoms. The number of aliphatic hydroxyl groups is 1. The van der Waals surface area contributed by atoms with Gasteiger partial charge >= 0.3 is 12.1 Å². The molecular weight excluding hydrogens is 518 g/mol. The largest absolute Gasteiger partial charge is 0.459 e. The summed E-state index contributed by atoms with van der Waals surface area (Å²) >= 11 is 12.2. The number of rotatable bonds is 7. The number of ether oxygens (including phenoxy) is 1. The molecule has 5 nitrogen and oxygen atoms in total. The van der Waals surface area contributed by atoms with Gasteiger partial charge in [0.15, 0.2) is 0 Å². The fraction of sp³-hybridized carbons (Fsp3) is 0.538. The second-order valence-corrected chi connectivity index (χ2v) is 11.3. The van der Waals surface area contributed by atoms with Gasteiger partial charge in [-0.15, -0.1) is 0 Å². The summed E-state index contributed by atoms with van der Waals surface area (Å²) in [6.45, 7) is 6.16. The van der Waals surface area contributed by atoms with Crippen LogP contribution in [0.2, 0.25) is 5.02 Å². The van der Waals surface area contributed by atoms with Gasteiger partial charge in [0, 0.05) is 5.03 Å². The Bertz CT molecular complexity index is 1070. The quantitative estimate of drug-likeness (QED) is 0.362. The highest BCUT2D eigenvalue weighted by molar-refractivity contribution is 6.33. The van der Waals surface area contributed by atoms with E-state index in [0.29, 0.717) is 23.4 Å². The van der Waals surface area contributed by atoms with Crippen LogP contribution in [0.5, 0.6) is 0 Å². The SMILES string of the molecule is C[C@H]([C@H](C(=O)Nc1cc(C(O)C2(C(=O)OC(C)(C)C)CC2)ccc1Cl)C1C=CC(Cl)=CC1)C(F)(F)F. The van der Waals surface area contributed by atoms with Gasteiger partial charge in [0.1, 0.15) is 5.60 Å². The Balaban J connectivity index is 1.86. The molecule has 2 unspecified atom stereocenters. The molecule has 1 aromatic rings. The molecule has 198 valence electrons. The molecule has 4 atom stereocenters. The van der Waals surface area contributed by atoms with Crippen molar-refractivity contribution < 1.29 is 32.6 Å². The van der Waals surface area contributed by atoms with Crippen LogP contribution in [0.25, 0.3) is 0 Å². The standard InChI is InChI=1S/C26H30Cl2F3NO4/c1-14(26(29,30)31)20(15-5-8-17(27)9-6-15)22(34)32-19-13-16(7-10-18(19)28)21(33)25(11-12-25)23(35)36-24(2,3)4/h5,7-10,13-15,20-21,33H,6,11-12H2,1-4H3,(H,32,34)/t14-,15?,20+,21?/m1/s1. The Morgan fingerprint density at radius 2 is 1.83 bits per heavy atom. The summed E-state index contributed by atoms with van der Waals surface area (Å²) in [6.07, 6.45) is -0.258. The molecule has 1 fully saturated rings. The number of carbonyl (C=O) groups is 2. The van der Waals surface area contributed by atoms with Gasteiger partial charge in [0.25, 0.3) is 0 Å². The highest BCUT2D eigenvalue weighted by atomic mass is 35.5. The van der Waals surface area contributed by atoms with E-state index >= 15 is 0 Å². The van der Waals surface area contributed by atoms with Gasteiger partial charge in [-0.3, -0.25) is 9.59 Å². The summed E-state index contributed by atoms with van der Waals surface area (Å²) in [6, 6.07) is 4.32. The zero-order valence-corrected chi connectivity index (χ0v) is 22.0. The van der Waals surface area contributed by atoms with Crippen LogP contribution in [-0.2, 0) is 14.3 Å². The zero-order valence-electron chi connectivity index (χ0n) is 20.5. The molecule has 0 spiro atoms. The number of amides is 1. The normalized spacial score (nSPS) is 21.7. The zero-order chi connectivity index (χ0) is 27.1. The summed E-state index contributed by atoms with van der Waals surface area (Å²) in [5.74, 6) is -5.49. The lowest BCUT2D eigenvalue weighted by Crippen LogP contribution is -2.40. The Kier molecular flexibility index (Phi) is 8.23. The first kappa shape index (κ1) is 28.5. The van der Waals surface area contributed by atoms with Crippen molar-refractivity contribution in [3.63, 3.8) is 0 Å². The summed E-state index contributed by atoms with van der Waals surface area (Å²) in [5.41, 5.74) is -1.51. The van der Waals surface area contributed by atoms with Crippen LogP contribution in [0.3, 0.4) is 0 Å². The van der Waals surface area contributed by atoms with E-state index in [4.69, 9.17) is 27.9 Å². The second-order valence-electron chi connectivity index (χ2n) is 10.5. The van der Waals surface area contributed by atoms with Gasteiger partial charge in [0.2, 0.25) is 5.91 Å². The van der Waals surface area contributed by atoms with Gasteiger partial charge in [-0.1, -0.05) is 48.3 Å². The topological polar surface area (TPSA) is 75.6 Å². The molecule has 0 bridgehead atoms. The first-order valence-electron chi connectivity index (χ1n) is 11.7. The first-order valence-corrected chi connectivity index (χ1v) is 12.4. The molecule has 0 aromatic heterocycles. The van der Waals surface area contributed by atoms with Gasteiger partial charge in [-0.25, -0.2) is 0 Å². The predicted molar refractivity (Wildman–Crippen MR) is 132 cm³/mol. The number of nitrogens with one attached hydrogen (secondary N) is 1. The maximum atomic E-state index is 13.7. The maximum Gasteiger partial charge on any atom is 0.392 e. The van der Waals surface area contributed by atoms with Gasteiger partial charge in [-0.2, -0.15) is 13.2 Å². The molecule has 1 amide bonds. The number of esters is 1. The summed E-state index contributed by atoms with van der Waals surface area (Å²) < 4.78 is 46.5. The van der Waals surface area contributed by atoms with Crippen molar-refractivity contribution in [1.29, 1.82) is 0 Å². The van der Waals surface area contributed by atoms with Crippen molar-refractivity contribution in [2.45, 2.75) is 64.8 Å². The number of hydrogen-bond donors (Lipinski definition) is 2. The maximum absolute atomic E-state index is 13.7. The molecule has 1 saturated carbocycles. The lowest BCUT2D eigenvalue weighted by molar-refractivity contribution is -0.188. The van der Waals surface area contributed by atoms with Crippen LogP contribution in [0, 0.1) is 23.2 Å². The number of carbonyl (C=O) groups excluding carboxylic acids is 2. The Labute approximate surface area is 218 Å². The van der Waals surface area contributed by atoms with Gasteiger partial charge < -0.3 is 15.2 Å². The molecule has 0 radical (unpaired) electrons. The van der Waals surface area contributed by atoms with Crippen molar-refractivity contribution in [2.75, 3.05) is 5.32 Å². The van der Waals surface area contributed by atoms with E-state index in [1.165, 1.54) is 30.4 Å². The van der Waals surface area contributed by atoms with Crippen LogP contribution < -0.4 is 5.32 Å². The summed E-state index contributed by atoms with van der Waals surface area (Å²) in [4.78, 5) is 25.9. The Morgan fingerprint density at radius 3 is 2.33 bits per heavy atom. The van der Waals surface area contributed by atoms with Crippen LogP contribution in [-0.4, -0.2) is 28.8 Å². The third-order valence-electron chi connectivity index (χ3n) is 6.59. The molecule has 1 aromatic carbocycles. The lowest BCUT2D eigenvalue weighted by atomic mass is 9.78. The second kappa shape index (κ2) is 10.4. The van der Waals surface area contributed by atoms with Crippen molar-refractivity contribution in [1.82, 2.24) is 0 Å². The third-order valence-corrected chi connectivity index (χ3v) is 7.20. The minimum Gasteiger partial charge on any atom is -0.459 e. The van der Waals surface area contributed by atoms with Crippen LogP contribution in [0.1, 0.15) is 58.6 Å². The Morgan fingerprint density at radius 1 is 1.19 bits per heavy atom. The molecule has 3 rings (SSSR count). The fourth-order valence-electron chi connectivity index (χ4n) is 4.32. The highest BCUT2D eigenvalue weighted by Gasteiger charge is 2.58. The predicted octanol–water partition coefficient (Wildman–Crippen LogP) is 6.95. The van der Waals surface area contributed by atoms with E-state index in [-0.39, 0.29) is 17.1 Å². The molecule has 2 N–H and O–H groups in total.